The first-order chi connectivity index (χ1) is 15.5. The van der Waals surface area contributed by atoms with Crippen molar-refractivity contribution >= 4 is 28.2 Å². The Balaban J connectivity index is 1.47. The van der Waals surface area contributed by atoms with Crippen LogP contribution in [0.25, 0.3) is 22.0 Å². The highest BCUT2D eigenvalue weighted by atomic mass is 35.5. The van der Waals surface area contributed by atoms with E-state index in [-0.39, 0.29) is 6.10 Å². The Morgan fingerprint density at radius 3 is 2.72 bits per heavy atom. The van der Waals surface area contributed by atoms with E-state index in [1.165, 1.54) is 5.56 Å². The van der Waals surface area contributed by atoms with E-state index in [1.807, 2.05) is 31.2 Å². The number of hydrogen-bond acceptors (Lipinski definition) is 4. The molecular formula is C26H23ClN4O. The highest BCUT2D eigenvalue weighted by Gasteiger charge is 2.33. The lowest BCUT2D eigenvalue weighted by Gasteiger charge is -2.36. The molecule has 1 aliphatic rings. The molecule has 0 unspecified atom stereocenters. The molecule has 0 aliphatic heterocycles. The summed E-state index contributed by atoms with van der Waals surface area (Å²) in [5.74, 6) is 0. The Morgan fingerprint density at radius 1 is 1.19 bits per heavy atom. The number of pyridine rings is 1. The molecule has 4 aromatic rings. The fraction of sp³-hybridized carbons (Fsp3) is 0.231. The van der Waals surface area contributed by atoms with Crippen LogP contribution in [0.3, 0.4) is 0 Å². The molecule has 0 amide bonds. The van der Waals surface area contributed by atoms with Gasteiger partial charge in [0, 0.05) is 40.5 Å². The summed E-state index contributed by atoms with van der Waals surface area (Å²) in [7, 11) is 0. The maximum atomic E-state index is 9.57. The van der Waals surface area contributed by atoms with E-state index in [0.717, 1.165) is 40.4 Å². The molecule has 2 heterocycles. The summed E-state index contributed by atoms with van der Waals surface area (Å²) in [5.41, 5.74) is 12.1. The fourth-order valence-electron chi connectivity index (χ4n) is 4.38. The van der Waals surface area contributed by atoms with Gasteiger partial charge in [-0.25, -0.2) is 0 Å². The first-order valence-electron chi connectivity index (χ1n) is 10.7. The summed E-state index contributed by atoms with van der Waals surface area (Å²) in [6, 6.07) is 16.9. The predicted octanol–water partition coefficient (Wildman–Crippen LogP) is 6.04. The quantitative estimate of drug-likeness (QED) is 0.408. The van der Waals surface area contributed by atoms with Gasteiger partial charge in [-0.1, -0.05) is 41.9 Å². The third kappa shape index (κ3) is 3.62. The van der Waals surface area contributed by atoms with Gasteiger partial charge in [-0.05, 0) is 43.0 Å². The van der Waals surface area contributed by atoms with Gasteiger partial charge >= 0.3 is 0 Å². The number of anilines is 1. The molecule has 2 aromatic heterocycles. The first kappa shape index (κ1) is 20.6. The average Bonchev–Trinajstić information content (AvgIpc) is 3.12. The monoisotopic (exact) mass is 442 g/mol. The molecular weight excluding hydrogens is 420 g/mol. The van der Waals surface area contributed by atoms with Crippen LogP contribution in [0.5, 0.6) is 0 Å². The zero-order valence-electron chi connectivity index (χ0n) is 17.8. The largest absolute Gasteiger partial charge is 0.396 e. The number of hydrogen-bond donors (Lipinski definition) is 1. The molecule has 2 N–H and O–H groups in total. The zero-order valence-corrected chi connectivity index (χ0v) is 18.5. The zero-order chi connectivity index (χ0) is 22.2. The second kappa shape index (κ2) is 8.31. The van der Waals surface area contributed by atoms with Gasteiger partial charge in [0.1, 0.15) is 0 Å². The number of rotatable bonds is 5. The minimum absolute atomic E-state index is 0.234. The summed E-state index contributed by atoms with van der Waals surface area (Å²) in [6.07, 6.45) is 7.52. The summed E-state index contributed by atoms with van der Waals surface area (Å²) < 4.78 is 8.40. The van der Waals surface area contributed by atoms with Crippen LogP contribution in [0.1, 0.15) is 35.6 Å². The molecule has 0 atom stereocenters. The number of nitrogen functional groups attached to an aromatic ring is 1. The molecule has 0 bridgehead atoms. The van der Waals surface area contributed by atoms with Gasteiger partial charge in [-0.2, -0.15) is 5.26 Å². The van der Waals surface area contributed by atoms with E-state index in [1.54, 1.807) is 12.4 Å². The van der Waals surface area contributed by atoms with E-state index in [9.17, 15) is 5.26 Å². The van der Waals surface area contributed by atoms with Crippen LogP contribution in [0.15, 0.2) is 61.1 Å². The van der Waals surface area contributed by atoms with Crippen molar-refractivity contribution in [3.05, 3.63) is 82.8 Å². The van der Waals surface area contributed by atoms with E-state index in [0.29, 0.717) is 28.9 Å². The number of fused-ring (bicyclic) bond motifs is 1. The lowest BCUT2D eigenvalue weighted by atomic mass is 9.88. The molecule has 32 heavy (non-hydrogen) atoms. The summed E-state index contributed by atoms with van der Waals surface area (Å²) in [5, 5.41) is 11.0. The number of aromatic nitrogens is 2. The second-order valence-corrected chi connectivity index (χ2v) is 8.76. The number of nitrogens with zero attached hydrogens (tertiary/aromatic N) is 3. The lowest BCUT2D eigenvalue weighted by molar-refractivity contribution is -0.0346. The summed E-state index contributed by atoms with van der Waals surface area (Å²) >= 11 is 6.53. The molecule has 6 heteroatoms. The van der Waals surface area contributed by atoms with Crippen LogP contribution in [-0.2, 0) is 11.3 Å². The van der Waals surface area contributed by atoms with Crippen LogP contribution in [0.2, 0.25) is 5.02 Å². The number of nitriles is 1. The molecule has 2 aromatic carbocycles. The van der Waals surface area contributed by atoms with Crippen molar-refractivity contribution in [2.45, 2.75) is 38.5 Å². The van der Waals surface area contributed by atoms with Crippen LogP contribution >= 0.6 is 11.6 Å². The van der Waals surface area contributed by atoms with E-state index in [2.05, 4.69) is 40.0 Å². The van der Waals surface area contributed by atoms with Gasteiger partial charge in [0.2, 0.25) is 0 Å². The van der Waals surface area contributed by atoms with Gasteiger partial charge in [0.15, 0.2) is 0 Å². The number of ether oxygens (including phenoxy) is 1. The average molecular weight is 443 g/mol. The fourth-order valence-corrected chi connectivity index (χ4v) is 4.57. The summed E-state index contributed by atoms with van der Waals surface area (Å²) in [6.45, 7) is 2.60. The SMILES string of the molecule is Cc1cc2c(cc1C#N)c(-c1cncc(N)c1Cl)cn2C1CC(OCc2ccccc2)C1. The summed E-state index contributed by atoms with van der Waals surface area (Å²) in [4.78, 5) is 4.24. The third-order valence-corrected chi connectivity index (χ3v) is 6.71. The predicted molar refractivity (Wildman–Crippen MR) is 127 cm³/mol. The number of benzene rings is 2. The minimum Gasteiger partial charge on any atom is -0.396 e. The van der Waals surface area contributed by atoms with E-state index >= 15 is 0 Å². The normalized spacial score (nSPS) is 17.8. The second-order valence-electron chi connectivity index (χ2n) is 8.38. The highest BCUT2D eigenvalue weighted by molar-refractivity contribution is 6.36. The molecule has 5 rings (SSSR count). The topological polar surface area (TPSA) is 76.9 Å². The van der Waals surface area contributed by atoms with Gasteiger partial charge in [0.25, 0.3) is 0 Å². The number of aryl methyl sites for hydroxylation is 1. The van der Waals surface area contributed by atoms with Crippen LogP contribution < -0.4 is 5.73 Å². The van der Waals surface area contributed by atoms with E-state index in [4.69, 9.17) is 22.1 Å². The molecule has 160 valence electrons. The van der Waals surface area contributed by atoms with Crippen molar-refractivity contribution in [1.29, 1.82) is 5.26 Å². The van der Waals surface area contributed by atoms with Crippen LogP contribution in [-0.4, -0.2) is 15.7 Å². The molecule has 0 radical (unpaired) electrons. The van der Waals surface area contributed by atoms with Crippen LogP contribution in [0.4, 0.5) is 5.69 Å². The molecule has 0 spiro atoms. The minimum atomic E-state index is 0.234. The van der Waals surface area contributed by atoms with Crippen molar-refractivity contribution in [3.63, 3.8) is 0 Å². The molecule has 1 fully saturated rings. The molecule has 1 saturated carbocycles. The van der Waals surface area contributed by atoms with Gasteiger partial charge in [0.05, 0.1) is 41.3 Å². The van der Waals surface area contributed by atoms with Crippen molar-refractivity contribution < 1.29 is 4.74 Å². The van der Waals surface area contributed by atoms with Crippen LogP contribution in [0, 0.1) is 18.3 Å². The van der Waals surface area contributed by atoms with Crippen molar-refractivity contribution in [1.82, 2.24) is 9.55 Å². The van der Waals surface area contributed by atoms with Crippen molar-refractivity contribution in [3.8, 4) is 17.2 Å². The molecule has 0 saturated heterocycles. The standard InChI is InChI=1S/C26H23ClN4O/c1-16-7-25-21(8-18(16)11-28)23(22-12-30-13-24(29)26(22)27)14-31(25)19-9-20(10-19)32-15-17-5-3-2-4-6-17/h2-8,12-14,19-20H,9-10,15,29H2,1H3. The highest BCUT2D eigenvalue weighted by Crippen LogP contribution is 2.43. The molecule has 1 aliphatic carbocycles. The van der Waals surface area contributed by atoms with Gasteiger partial charge in [-0.15, -0.1) is 0 Å². The van der Waals surface area contributed by atoms with Crippen molar-refractivity contribution in [2.75, 3.05) is 5.73 Å². The third-order valence-electron chi connectivity index (χ3n) is 6.29. The number of halogens is 1. The van der Waals surface area contributed by atoms with Gasteiger partial charge < -0.3 is 15.0 Å². The maximum absolute atomic E-state index is 9.57. The Hall–Kier alpha value is -3.33. The molecule has 5 nitrogen and oxygen atoms in total. The number of nitrogens with two attached hydrogens (primary N) is 1. The Bertz CT molecular complexity index is 1330. The van der Waals surface area contributed by atoms with Gasteiger partial charge in [-0.3, -0.25) is 4.98 Å². The Labute approximate surface area is 192 Å². The Morgan fingerprint density at radius 2 is 1.97 bits per heavy atom. The lowest BCUT2D eigenvalue weighted by Crippen LogP contribution is -2.33. The maximum Gasteiger partial charge on any atom is 0.0994 e. The Kier molecular flexibility index (Phi) is 5.34. The van der Waals surface area contributed by atoms with E-state index < -0.39 is 0 Å². The first-order valence-corrected chi connectivity index (χ1v) is 11.0. The smallest absolute Gasteiger partial charge is 0.0994 e. The van der Waals surface area contributed by atoms with Crippen molar-refractivity contribution in [2.24, 2.45) is 0 Å².